The van der Waals surface area contributed by atoms with E-state index in [-0.39, 0.29) is 17.4 Å². The Morgan fingerprint density at radius 3 is 2.61 bits per heavy atom. The second kappa shape index (κ2) is 10.5. The third-order valence-corrected chi connectivity index (χ3v) is 9.39. The lowest BCUT2D eigenvalue weighted by atomic mass is 9.94. The van der Waals surface area contributed by atoms with Crippen LogP contribution in [0.3, 0.4) is 0 Å². The molecule has 8 nitrogen and oxygen atoms in total. The zero-order valence-corrected chi connectivity index (χ0v) is 22.9. The van der Waals surface area contributed by atoms with Crippen molar-refractivity contribution in [1.29, 1.82) is 4.78 Å². The van der Waals surface area contributed by atoms with Gasteiger partial charge >= 0.3 is 0 Å². The van der Waals surface area contributed by atoms with Crippen molar-refractivity contribution < 1.29 is 17.8 Å². The number of hydrogen-bond acceptors (Lipinski definition) is 7. The van der Waals surface area contributed by atoms with E-state index in [1.807, 2.05) is 0 Å². The van der Waals surface area contributed by atoms with Crippen LogP contribution >= 0.6 is 0 Å². The van der Waals surface area contributed by atoms with Crippen LogP contribution in [-0.4, -0.2) is 32.4 Å². The van der Waals surface area contributed by atoms with Crippen LogP contribution < -0.4 is 16.0 Å². The highest BCUT2D eigenvalue weighted by molar-refractivity contribution is 7.92. The number of nitrogens with zero attached hydrogens (tertiary/aromatic N) is 2. The highest BCUT2D eigenvalue weighted by Gasteiger charge is 2.52. The van der Waals surface area contributed by atoms with Gasteiger partial charge in [0.25, 0.3) is 0 Å². The van der Waals surface area contributed by atoms with Crippen LogP contribution in [0.5, 0.6) is 0 Å². The van der Waals surface area contributed by atoms with Gasteiger partial charge < -0.3 is 16.0 Å². The van der Waals surface area contributed by atoms with E-state index in [2.05, 4.69) is 25.9 Å². The van der Waals surface area contributed by atoms with E-state index >= 15 is 4.39 Å². The van der Waals surface area contributed by atoms with Crippen molar-refractivity contribution in [2.45, 2.75) is 36.0 Å². The number of rotatable bonds is 4. The van der Waals surface area contributed by atoms with Crippen molar-refractivity contribution in [3.63, 3.8) is 0 Å². The monoisotopic (exact) mass is 574 g/mol. The molecule has 1 aliphatic heterocycles. The third kappa shape index (κ3) is 5.37. The molecular formula is C30H28F2N6O2S. The van der Waals surface area contributed by atoms with Gasteiger partial charge in [-0.2, -0.15) is 4.98 Å². The molecule has 11 heteroatoms. The number of carbonyl (C=O) groups excluding carboxylic acids is 1. The molecule has 1 amide bonds. The number of nitrogens with one attached hydrogen (secondary N) is 4. The molecule has 41 heavy (non-hydrogen) atoms. The molecule has 1 saturated carbocycles. The van der Waals surface area contributed by atoms with Gasteiger partial charge in [0, 0.05) is 40.2 Å². The lowest BCUT2D eigenvalue weighted by Crippen LogP contribution is -2.29. The van der Waals surface area contributed by atoms with E-state index in [1.54, 1.807) is 54.7 Å². The summed E-state index contributed by atoms with van der Waals surface area (Å²) in [4.78, 5) is 22.6. The van der Waals surface area contributed by atoms with Gasteiger partial charge in [-0.1, -0.05) is 30.3 Å². The molecule has 0 saturated heterocycles. The SMILES string of the molecule is N=S1(=O)CCCCNc2nc(ncc2-c2ccc(NC(=O)C3(c4ccccc4F)CC3)c(F)c2)Nc2cccc1c2. The number of hydrogen-bond donors (Lipinski definition) is 4. The summed E-state index contributed by atoms with van der Waals surface area (Å²) in [5, 5.41) is 9.02. The van der Waals surface area contributed by atoms with Crippen LogP contribution in [0.2, 0.25) is 0 Å². The highest BCUT2D eigenvalue weighted by Crippen LogP contribution is 2.50. The van der Waals surface area contributed by atoms with Gasteiger partial charge in [-0.05, 0) is 67.6 Å². The maximum Gasteiger partial charge on any atom is 0.235 e. The van der Waals surface area contributed by atoms with Crippen molar-refractivity contribution >= 4 is 38.8 Å². The van der Waals surface area contributed by atoms with Crippen molar-refractivity contribution in [2.75, 3.05) is 28.2 Å². The van der Waals surface area contributed by atoms with E-state index in [1.165, 1.54) is 18.2 Å². The number of fused-ring (bicyclic) bond motifs is 4. The van der Waals surface area contributed by atoms with Crippen LogP contribution in [-0.2, 0) is 19.9 Å². The van der Waals surface area contributed by atoms with E-state index in [0.717, 1.165) is 0 Å². The average molecular weight is 575 g/mol. The van der Waals surface area contributed by atoms with Gasteiger partial charge in [-0.3, -0.25) is 4.79 Å². The Morgan fingerprint density at radius 1 is 1.00 bits per heavy atom. The largest absolute Gasteiger partial charge is 0.369 e. The van der Waals surface area contributed by atoms with Crippen molar-refractivity contribution in [3.8, 4) is 11.1 Å². The minimum Gasteiger partial charge on any atom is -0.369 e. The first-order valence-electron chi connectivity index (χ1n) is 13.4. The fourth-order valence-electron chi connectivity index (χ4n) is 5.07. The predicted octanol–water partition coefficient (Wildman–Crippen LogP) is 6.45. The Labute approximate surface area is 236 Å². The van der Waals surface area contributed by atoms with Gasteiger partial charge in [0.05, 0.1) is 20.8 Å². The molecule has 1 aromatic heterocycles. The summed E-state index contributed by atoms with van der Waals surface area (Å²) >= 11 is 0. The number of halogens is 2. The molecular weight excluding hydrogens is 546 g/mol. The molecule has 1 atom stereocenters. The number of benzene rings is 3. The zero-order chi connectivity index (χ0) is 28.6. The Balaban J connectivity index is 1.26. The normalized spacial score (nSPS) is 19.4. The summed E-state index contributed by atoms with van der Waals surface area (Å²) in [5.74, 6) is -0.509. The molecule has 4 aromatic rings. The van der Waals surface area contributed by atoms with Crippen LogP contribution in [0.1, 0.15) is 31.2 Å². The molecule has 1 fully saturated rings. The predicted molar refractivity (Wildman–Crippen MR) is 155 cm³/mol. The maximum atomic E-state index is 15.3. The van der Waals surface area contributed by atoms with E-state index in [9.17, 15) is 13.4 Å². The average Bonchev–Trinajstić information content (AvgIpc) is 3.76. The molecule has 1 unspecified atom stereocenters. The Bertz CT molecular complexity index is 1760. The fraction of sp³-hybridized carbons (Fsp3) is 0.233. The number of aromatic nitrogens is 2. The first-order chi connectivity index (χ1) is 19.7. The first kappa shape index (κ1) is 26.8. The van der Waals surface area contributed by atoms with Gasteiger partial charge in [0.2, 0.25) is 11.9 Å². The summed E-state index contributed by atoms with van der Waals surface area (Å²) in [6, 6.07) is 17.5. The second-order valence-corrected chi connectivity index (χ2v) is 12.6. The summed E-state index contributed by atoms with van der Waals surface area (Å²) in [7, 11) is -2.93. The minimum atomic E-state index is -2.93. The minimum absolute atomic E-state index is 0.00680. The van der Waals surface area contributed by atoms with E-state index in [4.69, 9.17) is 4.78 Å². The molecule has 4 N–H and O–H groups in total. The van der Waals surface area contributed by atoms with E-state index < -0.39 is 32.7 Å². The fourth-order valence-corrected chi connectivity index (χ4v) is 6.53. The Hall–Kier alpha value is -4.38. The van der Waals surface area contributed by atoms with Gasteiger partial charge in [0.1, 0.15) is 17.5 Å². The molecule has 1 aliphatic carbocycles. The summed E-state index contributed by atoms with van der Waals surface area (Å²) in [6.45, 7) is 0.505. The molecule has 6 rings (SSSR count). The van der Waals surface area contributed by atoms with Crippen LogP contribution in [0.15, 0.2) is 77.8 Å². The molecule has 2 heterocycles. The molecule has 4 bridgehead atoms. The van der Waals surface area contributed by atoms with Gasteiger partial charge in [0.15, 0.2) is 0 Å². The van der Waals surface area contributed by atoms with Crippen molar-refractivity contribution in [2.24, 2.45) is 0 Å². The molecule has 0 spiro atoms. The molecule has 0 radical (unpaired) electrons. The lowest BCUT2D eigenvalue weighted by molar-refractivity contribution is -0.118. The van der Waals surface area contributed by atoms with Crippen molar-refractivity contribution in [1.82, 2.24) is 9.97 Å². The quantitative estimate of drug-likeness (QED) is 0.223. The smallest absolute Gasteiger partial charge is 0.235 e. The zero-order valence-electron chi connectivity index (χ0n) is 22.0. The topological polar surface area (TPSA) is 120 Å². The van der Waals surface area contributed by atoms with Crippen LogP contribution in [0, 0.1) is 16.4 Å². The van der Waals surface area contributed by atoms with Gasteiger partial charge in [-0.25, -0.2) is 22.8 Å². The Morgan fingerprint density at radius 2 is 1.83 bits per heavy atom. The molecule has 3 aromatic carbocycles. The number of carbonyl (C=O) groups is 1. The third-order valence-electron chi connectivity index (χ3n) is 7.51. The molecule has 210 valence electrons. The van der Waals surface area contributed by atoms with Crippen LogP contribution in [0.25, 0.3) is 11.1 Å². The van der Waals surface area contributed by atoms with Crippen LogP contribution in [0.4, 0.5) is 31.9 Å². The maximum absolute atomic E-state index is 15.3. The number of anilines is 4. The summed E-state index contributed by atoms with van der Waals surface area (Å²) in [5.41, 5.74) is 1.01. The Kier molecular flexibility index (Phi) is 6.90. The van der Waals surface area contributed by atoms with Gasteiger partial charge in [-0.15, -0.1) is 0 Å². The first-order valence-corrected chi connectivity index (χ1v) is 15.1. The standard InChI is InChI=1S/C30H28F2N6O2S/c31-24-9-2-1-8-23(24)30(12-13-30)28(39)37-26-11-10-19(16-25(26)32)22-18-35-29-36-20-6-5-7-21(17-20)41(33,40)15-4-3-14-34-27(22)38-29/h1-2,5-11,16-18,33H,3-4,12-15H2,(H,37,39)(H2,34,35,36,38). The lowest BCUT2D eigenvalue weighted by Gasteiger charge is -2.17. The highest BCUT2D eigenvalue weighted by atomic mass is 32.2. The number of amides is 1. The summed E-state index contributed by atoms with van der Waals surface area (Å²) < 4.78 is 51.0. The molecule has 2 aliphatic rings. The summed E-state index contributed by atoms with van der Waals surface area (Å²) in [6.07, 6.45) is 3.81. The van der Waals surface area contributed by atoms with Crippen molar-refractivity contribution in [3.05, 3.63) is 90.1 Å². The van der Waals surface area contributed by atoms with E-state index in [0.29, 0.717) is 65.3 Å². The second-order valence-electron chi connectivity index (χ2n) is 10.3.